The molecule has 1 aromatic rings. The van der Waals surface area contributed by atoms with Crippen molar-refractivity contribution in [2.75, 3.05) is 0 Å². The third-order valence-electron chi connectivity index (χ3n) is 1.64. The first-order chi connectivity index (χ1) is 6.93. The van der Waals surface area contributed by atoms with E-state index in [4.69, 9.17) is 10.2 Å². The summed E-state index contributed by atoms with van der Waals surface area (Å²) < 4.78 is 37.3. The maximum absolute atomic E-state index is 13.1. The smallest absolute Gasteiger partial charge is 0.307 e. The number of nitrogens with zero attached hydrogens (tertiary/aromatic N) is 1. The van der Waals surface area contributed by atoms with E-state index >= 15 is 0 Å². The fraction of sp³-hybridized carbons (Fsp3) is 0.250. The SMILES string of the molecule is O=C(O)Cc1cnc(C(F)F)c(O)c1F. The summed E-state index contributed by atoms with van der Waals surface area (Å²) in [6.45, 7) is 0. The molecule has 1 aromatic heterocycles. The van der Waals surface area contributed by atoms with Crippen LogP contribution in [0.4, 0.5) is 13.2 Å². The quantitative estimate of drug-likeness (QED) is 0.811. The van der Waals surface area contributed by atoms with Gasteiger partial charge < -0.3 is 10.2 Å². The summed E-state index contributed by atoms with van der Waals surface area (Å²) in [5, 5.41) is 17.3. The second kappa shape index (κ2) is 4.16. The van der Waals surface area contributed by atoms with Gasteiger partial charge in [0.1, 0.15) is 0 Å². The number of hydrogen-bond acceptors (Lipinski definition) is 3. The highest BCUT2D eigenvalue weighted by molar-refractivity contribution is 5.70. The third-order valence-corrected chi connectivity index (χ3v) is 1.64. The van der Waals surface area contributed by atoms with E-state index in [1.165, 1.54) is 0 Å². The molecule has 7 heteroatoms. The molecule has 0 aromatic carbocycles. The standard InChI is InChI=1S/C8H6F3NO3/c9-5-3(1-4(13)14)2-12-6(7(5)15)8(10)11/h2,8,15H,1H2,(H,13,14). The van der Waals surface area contributed by atoms with Gasteiger partial charge in [-0.15, -0.1) is 0 Å². The Balaban J connectivity index is 3.15. The fourth-order valence-electron chi connectivity index (χ4n) is 0.976. The van der Waals surface area contributed by atoms with Gasteiger partial charge in [-0.25, -0.2) is 13.2 Å². The van der Waals surface area contributed by atoms with E-state index in [-0.39, 0.29) is 0 Å². The van der Waals surface area contributed by atoms with E-state index in [0.29, 0.717) is 6.20 Å². The normalized spacial score (nSPS) is 10.7. The van der Waals surface area contributed by atoms with Crippen molar-refractivity contribution in [3.63, 3.8) is 0 Å². The van der Waals surface area contributed by atoms with E-state index in [9.17, 15) is 18.0 Å². The van der Waals surface area contributed by atoms with E-state index in [1.54, 1.807) is 0 Å². The maximum atomic E-state index is 13.1. The predicted octanol–water partition coefficient (Wildman–Crippen LogP) is 1.49. The van der Waals surface area contributed by atoms with Crippen molar-refractivity contribution >= 4 is 5.97 Å². The van der Waals surface area contributed by atoms with Crippen molar-refractivity contribution < 1.29 is 28.2 Å². The van der Waals surface area contributed by atoms with Crippen LogP contribution >= 0.6 is 0 Å². The van der Waals surface area contributed by atoms with Gasteiger partial charge in [0.05, 0.1) is 6.42 Å². The van der Waals surface area contributed by atoms with Gasteiger partial charge in [0.25, 0.3) is 6.43 Å². The van der Waals surface area contributed by atoms with Gasteiger partial charge >= 0.3 is 5.97 Å². The number of pyridine rings is 1. The van der Waals surface area contributed by atoms with Crippen LogP contribution in [-0.2, 0) is 11.2 Å². The Hall–Kier alpha value is -1.79. The maximum Gasteiger partial charge on any atom is 0.307 e. The lowest BCUT2D eigenvalue weighted by Gasteiger charge is -2.06. The van der Waals surface area contributed by atoms with Crippen LogP contribution in [0.25, 0.3) is 0 Å². The fourth-order valence-corrected chi connectivity index (χ4v) is 0.976. The Morgan fingerprint density at radius 1 is 1.53 bits per heavy atom. The topological polar surface area (TPSA) is 70.4 Å². The summed E-state index contributed by atoms with van der Waals surface area (Å²) in [5.41, 5.74) is -1.54. The lowest BCUT2D eigenvalue weighted by Crippen LogP contribution is -2.05. The lowest BCUT2D eigenvalue weighted by molar-refractivity contribution is -0.136. The Morgan fingerprint density at radius 3 is 2.60 bits per heavy atom. The first-order valence-electron chi connectivity index (χ1n) is 3.79. The molecule has 0 atom stereocenters. The molecule has 0 aliphatic carbocycles. The van der Waals surface area contributed by atoms with Gasteiger partial charge in [-0.3, -0.25) is 9.78 Å². The Morgan fingerprint density at radius 2 is 2.13 bits per heavy atom. The van der Waals surface area contributed by atoms with Gasteiger partial charge in [0, 0.05) is 11.8 Å². The summed E-state index contributed by atoms with van der Waals surface area (Å²) >= 11 is 0. The summed E-state index contributed by atoms with van der Waals surface area (Å²) in [6, 6.07) is 0. The second-order valence-corrected chi connectivity index (χ2v) is 2.70. The molecule has 0 unspecified atom stereocenters. The number of aliphatic carboxylic acids is 1. The molecule has 15 heavy (non-hydrogen) atoms. The summed E-state index contributed by atoms with van der Waals surface area (Å²) in [7, 11) is 0. The molecule has 0 aliphatic heterocycles. The molecular weight excluding hydrogens is 215 g/mol. The summed E-state index contributed by atoms with van der Waals surface area (Å²) in [4.78, 5) is 13.3. The minimum atomic E-state index is -3.11. The molecule has 0 fully saturated rings. The molecule has 82 valence electrons. The molecule has 0 aliphatic rings. The molecule has 2 N–H and O–H groups in total. The van der Waals surface area contributed by atoms with Gasteiger partial charge in [0.2, 0.25) is 0 Å². The first-order valence-corrected chi connectivity index (χ1v) is 3.79. The number of alkyl halides is 2. The van der Waals surface area contributed by atoms with Crippen LogP contribution in [-0.4, -0.2) is 21.2 Å². The van der Waals surface area contributed by atoms with Crippen LogP contribution in [0.15, 0.2) is 6.20 Å². The van der Waals surface area contributed by atoms with Crippen molar-refractivity contribution in [3.05, 3.63) is 23.3 Å². The van der Waals surface area contributed by atoms with E-state index < -0.39 is 41.6 Å². The zero-order valence-corrected chi connectivity index (χ0v) is 7.25. The minimum Gasteiger partial charge on any atom is -0.503 e. The molecule has 0 spiro atoms. The predicted molar refractivity (Wildman–Crippen MR) is 42.2 cm³/mol. The lowest BCUT2D eigenvalue weighted by atomic mass is 10.1. The first kappa shape index (κ1) is 11.3. The van der Waals surface area contributed by atoms with Crippen LogP contribution in [0.5, 0.6) is 5.75 Å². The minimum absolute atomic E-state index is 0.440. The zero-order valence-electron chi connectivity index (χ0n) is 7.25. The molecule has 0 radical (unpaired) electrons. The second-order valence-electron chi connectivity index (χ2n) is 2.70. The number of hydrogen-bond donors (Lipinski definition) is 2. The molecule has 0 bridgehead atoms. The van der Waals surface area contributed by atoms with Gasteiger partial charge in [-0.2, -0.15) is 0 Å². The molecule has 0 saturated heterocycles. The highest BCUT2D eigenvalue weighted by Crippen LogP contribution is 2.29. The van der Waals surface area contributed by atoms with Gasteiger partial charge in [-0.1, -0.05) is 0 Å². The van der Waals surface area contributed by atoms with Gasteiger partial charge in [0.15, 0.2) is 17.3 Å². The van der Waals surface area contributed by atoms with Crippen LogP contribution < -0.4 is 0 Å². The number of aromatic hydroxyl groups is 1. The molecule has 1 rings (SSSR count). The monoisotopic (exact) mass is 221 g/mol. The number of carbonyl (C=O) groups is 1. The number of halogens is 3. The zero-order chi connectivity index (χ0) is 11.6. The van der Waals surface area contributed by atoms with Crippen molar-refractivity contribution in [1.82, 2.24) is 4.98 Å². The Kier molecular flexibility index (Phi) is 3.13. The largest absolute Gasteiger partial charge is 0.503 e. The van der Waals surface area contributed by atoms with Crippen molar-refractivity contribution in [1.29, 1.82) is 0 Å². The number of rotatable bonds is 3. The van der Waals surface area contributed by atoms with Gasteiger partial charge in [-0.05, 0) is 0 Å². The summed E-state index contributed by atoms with van der Waals surface area (Å²) in [6.07, 6.45) is -3.17. The van der Waals surface area contributed by atoms with E-state index in [0.717, 1.165) is 0 Å². The Bertz CT molecular complexity index is 395. The van der Waals surface area contributed by atoms with Crippen LogP contribution in [0, 0.1) is 5.82 Å². The third kappa shape index (κ3) is 2.36. The van der Waals surface area contributed by atoms with Crippen LogP contribution in [0.3, 0.4) is 0 Å². The van der Waals surface area contributed by atoms with Crippen molar-refractivity contribution in [3.8, 4) is 5.75 Å². The van der Waals surface area contributed by atoms with E-state index in [1.807, 2.05) is 0 Å². The molecule has 0 saturated carbocycles. The average molecular weight is 221 g/mol. The number of carboxylic acid groups (broad SMARTS) is 1. The molecule has 1 heterocycles. The molecular formula is C8H6F3NO3. The van der Waals surface area contributed by atoms with Crippen molar-refractivity contribution in [2.45, 2.75) is 12.8 Å². The molecule has 0 amide bonds. The van der Waals surface area contributed by atoms with Crippen molar-refractivity contribution in [2.24, 2.45) is 0 Å². The van der Waals surface area contributed by atoms with E-state index in [2.05, 4.69) is 4.98 Å². The highest BCUT2D eigenvalue weighted by atomic mass is 19.3. The average Bonchev–Trinajstić information content (AvgIpc) is 2.12. The highest BCUT2D eigenvalue weighted by Gasteiger charge is 2.21. The molecule has 4 nitrogen and oxygen atoms in total. The van der Waals surface area contributed by atoms with Crippen LogP contribution in [0.2, 0.25) is 0 Å². The Labute approximate surface area is 82.0 Å². The summed E-state index contributed by atoms with van der Waals surface area (Å²) in [5.74, 6) is -4.02. The number of aromatic nitrogens is 1. The number of carboxylic acids is 1. The van der Waals surface area contributed by atoms with Crippen LogP contribution in [0.1, 0.15) is 17.7 Å².